The molecule has 1 aliphatic heterocycles. The molecular formula is C16H16N2O3. The molecule has 2 aromatic carbocycles. The summed E-state index contributed by atoms with van der Waals surface area (Å²) in [5.41, 5.74) is 2.34. The lowest BCUT2D eigenvalue weighted by Gasteiger charge is -2.12. The Hall–Kier alpha value is -2.69. The van der Waals surface area contributed by atoms with Crippen LogP contribution in [0.15, 0.2) is 42.5 Å². The van der Waals surface area contributed by atoms with E-state index in [1.54, 1.807) is 30.3 Å². The molecule has 0 bridgehead atoms. The normalized spacial score (nSPS) is 12.1. The molecule has 0 fully saturated rings. The summed E-state index contributed by atoms with van der Waals surface area (Å²) >= 11 is 0. The summed E-state index contributed by atoms with van der Waals surface area (Å²) in [6.45, 7) is 0.221. The molecule has 1 heterocycles. The van der Waals surface area contributed by atoms with Gasteiger partial charge in [0.25, 0.3) is 5.91 Å². The van der Waals surface area contributed by atoms with Gasteiger partial charge in [-0.05, 0) is 36.4 Å². The van der Waals surface area contributed by atoms with Gasteiger partial charge in [0.15, 0.2) is 11.5 Å². The van der Waals surface area contributed by atoms with Gasteiger partial charge in [0.2, 0.25) is 6.79 Å². The van der Waals surface area contributed by atoms with E-state index in [0.717, 1.165) is 5.69 Å². The van der Waals surface area contributed by atoms with Crippen LogP contribution in [-0.2, 0) is 0 Å². The molecule has 0 radical (unpaired) electrons. The average Bonchev–Trinajstić information content (AvgIpc) is 2.95. The van der Waals surface area contributed by atoms with Gasteiger partial charge in [0.1, 0.15) is 0 Å². The number of fused-ring (bicyclic) bond motifs is 1. The number of benzene rings is 2. The second-order valence-electron chi connectivity index (χ2n) is 4.96. The van der Waals surface area contributed by atoms with Crippen LogP contribution in [0.4, 0.5) is 11.4 Å². The van der Waals surface area contributed by atoms with E-state index in [1.165, 1.54) is 0 Å². The van der Waals surface area contributed by atoms with Crippen molar-refractivity contribution in [1.29, 1.82) is 0 Å². The summed E-state index contributed by atoms with van der Waals surface area (Å²) < 4.78 is 10.5. The Morgan fingerprint density at radius 3 is 2.48 bits per heavy atom. The fraction of sp³-hybridized carbons (Fsp3) is 0.188. The Balaban J connectivity index is 1.74. The molecule has 0 aromatic heterocycles. The number of nitrogens with zero attached hydrogens (tertiary/aromatic N) is 1. The van der Waals surface area contributed by atoms with Crippen LogP contribution in [0.2, 0.25) is 0 Å². The highest BCUT2D eigenvalue weighted by atomic mass is 16.7. The van der Waals surface area contributed by atoms with E-state index in [4.69, 9.17) is 9.47 Å². The first-order chi connectivity index (χ1) is 10.1. The minimum Gasteiger partial charge on any atom is -0.454 e. The van der Waals surface area contributed by atoms with E-state index in [0.29, 0.717) is 22.7 Å². The Bertz CT molecular complexity index is 666. The fourth-order valence-corrected chi connectivity index (χ4v) is 2.09. The van der Waals surface area contributed by atoms with Crippen LogP contribution < -0.4 is 19.7 Å². The molecule has 1 N–H and O–H groups in total. The number of ether oxygens (including phenoxy) is 2. The predicted molar refractivity (Wildman–Crippen MR) is 81.3 cm³/mol. The molecule has 1 aliphatic rings. The zero-order chi connectivity index (χ0) is 14.8. The number of hydrogen-bond acceptors (Lipinski definition) is 4. The van der Waals surface area contributed by atoms with E-state index in [1.807, 2.05) is 31.1 Å². The maximum atomic E-state index is 12.2. The third-order valence-corrected chi connectivity index (χ3v) is 3.28. The first-order valence-electron chi connectivity index (χ1n) is 6.62. The second-order valence-corrected chi connectivity index (χ2v) is 4.96. The van der Waals surface area contributed by atoms with Gasteiger partial charge >= 0.3 is 0 Å². The van der Waals surface area contributed by atoms with Gasteiger partial charge in [-0.25, -0.2) is 0 Å². The molecule has 21 heavy (non-hydrogen) atoms. The SMILES string of the molecule is CN(C)c1ccc(C(=O)Nc2ccc3c(c2)OCO3)cc1. The molecular weight excluding hydrogens is 268 g/mol. The first-order valence-corrected chi connectivity index (χ1v) is 6.62. The topological polar surface area (TPSA) is 50.8 Å². The van der Waals surface area contributed by atoms with Crippen molar-refractivity contribution >= 4 is 17.3 Å². The van der Waals surface area contributed by atoms with Crippen molar-refractivity contribution in [2.45, 2.75) is 0 Å². The van der Waals surface area contributed by atoms with Gasteiger partial charge in [0, 0.05) is 37.1 Å². The largest absolute Gasteiger partial charge is 0.454 e. The lowest BCUT2D eigenvalue weighted by Crippen LogP contribution is -2.13. The summed E-state index contributed by atoms with van der Waals surface area (Å²) in [6, 6.07) is 12.8. The van der Waals surface area contributed by atoms with Crippen molar-refractivity contribution in [1.82, 2.24) is 0 Å². The van der Waals surface area contributed by atoms with Gasteiger partial charge in [-0.3, -0.25) is 4.79 Å². The molecule has 0 aliphatic carbocycles. The van der Waals surface area contributed by atoms with Gasteiger partial charge < -0.3 is 19.7 Å². The van der Waals surface area contributed by atoms with Crippen molar-refractivity contribution in [3.8, 4) is 11.5 Å². The number of hydrogen-bond donors (Lipinski definition) is 1. The van der Waals surface area contributed by atoms with E-state index >= 15 is 0 Å². The van der Waals surface area contributed by atoms with E-state index < -0.39 is 0 Å². The van der Waals surface area contributed by atoms with Crippen molar-refractivity contribution in [2.24, 2.45) is 0 Å². The fourth-order valence-electron chi connectivity index (χ4n) is 2.09. The van der Waals surface area contributed by atoms with Crippen molar-refractivity contribution in [3.05, 3.63) is 48.0 Å². The maximum Gasteiger partial charge on any atom is 0.255 e. The molecule has 5 nitrogen and oxygen atoms in total. The minimum atomic E-state index is -0.154. The number of anilines is 2. The molecule has 2 aromatic rings. The highest BCUT2D eigenvalue weighted by Crippen LogP contribution is 2.34. The highest BCUT2D eigenvalue weighted by molar-refractivity contribution is 6.04. The van der Waals surface area contributed by atoms with E-state index in [-0.39, 0.29) is 12.7 Å². The summed E-state index contributed by atoms with van der Waals surface area (Å²) in [5.74, 6) is 1.19. The quantitative estimate of drug-likeness (QED) is 0.941. The van der Waals surface area contributed by atoms with E-state index in [9.17, 15) is 4.79 Å². The Morgan fingerprint density at radius 1 is 1.05 bits per heavy atom. The Labute approximate surface area is 123 Å². The third kappa shape index (κ3) is 2.76. The first kappa shape index (κ1) is 13.3. The molecule has 3 rings (SSSR count). The van der Waals surface area contributed by atoms with Crippen LogP contribution in [0.3, 0.4) is 0 Å². The minimum absolute atomic E-state index is 0.154. The number of amides is 1. The van der Waals surface area contributed by atoms with Crippen LogP contribution >= 0.6 is 0 Å². The number of rotatable bonds is 3. The van der Waals surface area contributed by atoms with Crippen molar-refractivity contribution in [3.63, 3.8) is 0 Å². The predicted octanol–water partition coefficient (Wildman–Crippen LogP) is 2.73. The molecule has 0 atom stereocenters. The number of carbonyl (C=O) groups excluding carboxylic acids is 1. The van der Waals surface area contributed by atoms with Crippen LogP contribution in [-0.4, -0.2) is 26.8 Å². The third-order valence-electron chi connectivity index (χ3n) is 3.28. The van der Waals surface area contributed by atoms with Crippen LogP contribution in [0.5, 0.6) is 11.5 Å². The lowest BCUT2D eigenvalue weighted by molar-refractivity contribution is 0.102. The number of nitrogens with one attached hydrogen (secondary N) is 1. The Kier molecular flexibility index (Phi) is 3.39. The van der Waals surface area contributed by atoms with Crippen molar-refractivity contribution in [2.75, 3.05) is 31.1 Å². The maximum absolute atomic E-state index is 12.2. The van der Waals surface area contributed by atoms with Crippen molar-refractivity contribution < 1.29 is 14.3 Å². The summed E-state index contributed by atoms with van der Waals surface area (Å²) in [4.78, 5) is 14.2. The lowest BCUT2D eigenvalue weighted by atomic mass is 10.2. The van der Waals surface area contributed by atoms with E-state index in [2.05, 4.69) is 5.32 Å². The van der Waals surface area contributed by atoms with Gasteiger partial charge in [-0.1, -0.05) is 0 Å². The molecule has 0 saturated heterocycles. The Morgan fingerprint density at radius 2 is 1.76 bits per heavy atom. The molecule has 0 spiro atoms. The summed E-state index contributed by atoms with van der Waals surface area (Å²) in [7, 11) is 3.92. The van der Waals surface area contributed by atoms with Crippen LogP contribution in [0.25, 0.3) is 0 Å². The molecule has 0 saturated carbocycles. The zero-order valence-electron chi connectivity index (χ0n) is 11.9. The monoisotopic (exact) mass is 284 g/mol. The van der Waals surface area contributed by atoms with Gasteiger partial charge in [0.05, 0.1) is 0 Å². The van der Waals surface area contributed by atoms with Gasteiger partial charge in [-0.2, -0.15) is 0 Å². The molecule has 5 heteroatoms. The average molecular weight is 284 g/mol. The standard InChI is InChI=1S/C16H16N2O3/c1-18(2)13-6-3-11(4-7-13)16(19)17-12-5-8-14-15(9-12)21-10-20-14/h3-9H,10H2,1-2H3,(H,17,19). The van der Waals surface area contributed by atoms with Gasteiger partial charge in [-0.15, -0.1) is 0 Å². The highest BCUT2D eigenvalue weighted by Gasteiger charge is 2.14. The zero-order valence-corrected chi connectivity index (χ0v) is 11.9. The second kappa shape index (κ2) is 5.36. The molecule has 1 amide bonds. The smallest absolute Gasteiger partial charge is 0.255 e. The number of carbonyl (C=O) groups is 1. The van der Waals surface area contributed by atoms with Crippen LogP contribution in [0.1, 0.15) is 10.4 Å². The molecule has 0 unspecified atom stereocenters. The van der Waals surface area contributed by atoms with Crippen LogP contribution in [0, 0.1) is 0 Å². The summed E-state index contributed by atoms with van der Waals surface area (Å²) in [6.07, 6.45) is 0. The molecule has 108 valence electrons. The summed E-state index contributed by atoms with van der Waals surface area (Å²) in [5, 5.41) is 2.85.